The third-order valence-corrected chi connectivity index (χ3v) is 3.44. The Morgan fingerprint density at radius 1 is 1.20 bits per heavy atom. The van der Waals surface area contributed by atoms with Crippen LogP contribution in [-0.2, 0) is 6.54 Å². The van der Waals surface area contributed by atoms with E-state index in [9.17, 15) is 9.59 Å². The lowest BCUT2D eigenvalue weighted by Gasteiger charge is -2.03. The highest BCUT2D eigenvalue weighted by atomic mass is 16.2. The van der Waals surface area contributed by atoms with Crippen molar-refractivity contribution in [2.24, 2.45) is 0 Å². The zero-order valence-corrected chi connectivity index (χ0v) is 11.2. The summed E-state index contributed by atoms with van der Waals surface area (Å²) in [4.78, 5) is 29.8. The molecule has 2 heterocycles. The quantitative estimate of drug-likeness (QED) is 0.791. The standard InChI is InChI=1S/C15H15N3O2/c1-2-3-9-18-11-8-6-4-5-7-10(11)12-13(18)16-15(20)17-14(12)19/h4-8H,2-3,9H2,1H3,(H,17,19,20). The second-order valence-corrected chi connectivity index (χ2v) is 4.78. The lowest BCUT2D eigenvalue weighted by Crippen LogP contribution is -2.22. The van der Waals surface area contributed by atoms with E-state index in [4.69, 9.17) is 0 Å². The third kappa shape index (κ3) is 1.91. The van der Waals surface area contributed by atoms with Crippen LogP contribution < -0.4 is 11.2 Å². The van der Waals surface area contributed by atoms with Crippen LogP contribution in [0.25, 0.3) is 21.9 Å². The summed E-state index contributed by atoms with van der Waals surface area (Å²) in [5.74, 6) is 0. The highest BCUT2D eigenvalue weighted by Gasteiger charge is 2.14. The van der Waals surface area contributed by atoms with Crippen LogP contribution in [0, 0.1) is 0 Å². The largest absolute Gasteiger partial charge is 0.349 e. The summed E-state index contributed by atoms with van der Waals surface area (Å²) in [5.41, 5.74) is 0.453. The normalized spacial score (nSPS) is 11.2. The maximum absolute atomic E-state index is 12.1. The summed E-state index contributed by atoms with van der Waals surface area (Å²) in [6.45, 7) is 2.85. The molecule has 0 aliphatic carbocycles. The van der Waals surface area contributed by atoms with Gasteiger partial charge in [-0.15, -0.1) is 0 Å². The number of hydrogen-bond acceptors (Lipinski definition) is 3. The second kappa shape index (κ2) is 4.92. The van der Waals surface area contributed by atoms with E-state index in [0.717, 1.165) is 30.3 Å². The van der Waals surface area contributed by atoms with E-state index in [1.807, 2.05) is 34.9 Å². The van der Waals surface area contributed by atoms with Crippen molar-refractivity contribution in [3.05, 3.63) is 51.2 Å². The molecule has 3 aromatic rings. The first-order valence-electron chi connectivity index (χ1n) is 6.74. The molecule has 0 bridgehead atoms. The van der Waals surface area contributed by atoms with Gasteiger partial charge in [0.25, 0.3) is 5.56 Å². The number of rotatable bonds is 3. The lowest BCUT2D eigenvalue weighted by molar-refractivity contribution is 0.660. The van der Waals surface area contributed by atoms with Crippen LogP contribution in [0.3, 0.4) is 0 Å². The van der Waals surface area contributed by atoms with Gasteiger partial charge >= 0.3 is 5.69 Å². The first kappa shape index (κ1) is 12.6. The van der Waals surface area contributed by atoms with E-state index in [2.05, 4.69) is 16.9 Å². The fourth-order valence-corrected chi connectivity index (χ4v) is 2.52. The minimum absolute atomic E-state index is 0.369. The molecule has 0 aliphatic rings. The van der Waals surface area contributed by atoms with Crippen molar-refractivity contribution in [1.29, 1.82) is 0 Å². The van der Waals surface area contributed by atoms with E-state index in [-0.39, 0.29) is 5.56 Å². The van der Waals surface area contributed by atoms with Crippen LogP contribution in [0.4, 0.5) is 0 Å². The molecule has 102 valence electrons. The van der Waals surface area contributed by atoms with Gasteiger partial charge in [0.1, 0.15) is 0 Å². The van der Waals surface area contributed by atoms with Gasteiger partial charge in [-0.25, -0.2) is 4.79 Å². The number of aromatic amines is 1. The molecular formula is C15H15N3O2. The van der Waals surface area contributed by atoms with Crippen molar-refractivity contribution < 1.29 is 0 Å². The second-order valence-electron chi connectivity index (χ2n) is 4.78. The number of fused-ring (bicyclic) bond motifs is 3. The van der Waals surface area contributed by atoms with Gasteiger partial charge in [-0.2, -0.15) is 4.98 Å². The average molecular weight is 269 g/mol. The first-order valence-corrected chi connectivity index (χ1v) is 6.74. The van der Waals surface area contributed by atoms with Gasteiger partial charge in [-0.1, -0.05) is 37.6 Å². The zero-order chi connectivity index (χ0) is 14.1. The Morgan fingerprint density at radius 2 is 2.00 bits per heavy atom. The first-order chi connectivity index (χ1) is 9.72. The van der Waals surface area contributed by atoms with E-state index in [1.165, 1.54) is 0 Å². The van der Waals surface area contributed by atoms with Crippen molar-refractivity contribution in [1.82, 2.24) is 14.5 Å². The number of nitrogens with one attached hydrogen (secondary N) is 1. The summed E-state index contributed by atoms with van der Waals surface area (Å²) in [6, 6.07) is 9.57. The SMILES string of the molecule is CCCCn1c2cccccc2c2c(=O)[nH]c(=O)nc21. The summed E-state index contributed by atoms with van der Waals surface area (Å²) in [6.07, 6.45) is 2.01. The Bertz CT molecular complexity index is 893. The number of nitrogens with zero attached hydrogens (tertiary/aromatic N) is 2. The summed E-state index contributed by atoms with van der Waals surface area (Å²) < 4.78 is 1.96. The predicted molar refractivity (Wildman–Crippen MR) is 79.0 cm³/mol. The molecule has 0 amide bonds. The third-order valence-electron chi connectivity index (χ3n) is 3.44. The number of aromatic nitrogens is 3. The Labute approximate surface area is 114 Å². The van der Waals surface area contributed by atoms with Gasteiger partial charge in [0.15, 0.2) is 5.65 Å². The molecule has 5 nitrogen and oxygen atoms in total. The van der Waals surface area contributed by atoms with Crippen molar-refractivity contribution in [3.63, 3.8) is 0 Å². The molecule has 0 saturated carbocycles. The molecule has 1 aromatic carbocycles. The van der Waals surface area contributed by atoms with Crippen molar-refractivity contribution >= 4 is 21.9 Å². The molecule has 20 heavy (non-hydrogen) atoms. The molecule has 0 radical (unpaired) electrons. The number of hydrogen-bond donors (Lipinski definition) is 1. The molecule has 3 rings (SSSR count). The summed E-state index contributed by atoms with van der Waals surface area (Å²) >= 11 is 0. The minimum atomic E-state index is -0.590. The maximum Gasteiger partial charge on any atom is 0.349 e. The van der Waals surface area contributed by atoms with Gasteiger partial charge < -0.3 is 4.57 Å². The molecule has 0 fully saturated rings. The van der Waals surface area contributed by atoms with Gasteiger partial charge in [0.05, 0.1) is 10.9 Å². The predicted octanol–water partition coefficient (Wildman–Crippen LogP) is 2.04. The van der Waals surface area contributed by atoms with Gasteiger partial charge in [-0.05, 0) is 12.5 Å². The minimum Gasteiger partial charge on any atom is -0.325 e. The number of aryl methyl sites for hydroxylation is 1. The molecular weight excluding hydrogens is 254 g/mol. The topological polar surface area (TPSA) is 67.8 Å². The van der Waals surface area contributed by atoms with Crippen molar-refractivity contribution in [2.75, 3.05) is 0 Å². The highest BCUT2D eigenvalue weighted by Crippen LogP contribution is 2.24. The van der Waals surface area contributed by atoms with E-state index in [0.29, 0.717) is 11.0 Å². The van der Waals surface area contributed by atoms with Crippen molar-refractivity contribution in [2.45, 2.75) is 26.3 Å². The van der Waals surface area contributed by atoms with Crippen LogP contribution in [0.5, 0.6) is 0 Å². The fraction of sp³-hybridized carbons (Fsp3) is 0.267. The van der Waals surface area contributed by atoms with Gasteiger partial charge in [-0.3, -0.25) is 9.78 Å². The monoisotopic (exact) mass is 269 g/mol. The fourth-order valence-electron chi connectivity index (χ4n) is 2.52. The molecule has 5 heteroatoms. The van der Waals surface area contributed by atoms with Crippen LogP contribution in [0.15, 0.2) is 39.9 Å². The molecule has 2 aromatic heterocycles. The molecule has 0 aliphatic heterocycles. The highest BCUT2D eigenvalue weighted by molar-refractivity contribution is 6.05. The van der Waals surface area contributed by atoms with Crippen LogP contribution in [0.2, 0.25) is 0 Å². The Hall–Kier alpha value is -2.43. The number of unbranched alkanes of at least 4 members (excludes halogenated alkanes) is 1. The van der Waals surface area contributed by atoms with E-state index < -0.39 is 5.69 Å². The van der Waals surface area contributed by atoms with E-state index >= 15 is 0 Å². The smallest absolute Gasteiger partial charge is 0.325 e. The average Bonchev–Trinajstić information content (AvgIpc) is 2.58. The van der Waals surface area contributed by atoms with Crippen LogP contribution >= 0.6 is 0 Å². The molecule has 0 atom stereocenters. The molecule has 1 N–H and O–H groups in total. The van der Waals surface area contributed by atoms with Crippen LogP contribution in [-0.4, -0.2) is 14.5 Å². The molecule has 0 unspecified atom stereocenters. The Balaban J connectivity index is 2.52. The maximum atomic E-state index is 12.1. The molecule has 0 saturated heterocycles. The molecule has 0 spiro atoms. The lowest BCUT2D eigenvalue weighted by atomic mass is 10.2. The summed E-state index contributed by atoms with van der Waals surface area (Å²) in [5, 5.41) is 1.32. The van der Waals surface area contributed by atoms with Gasteiger partial charge in [0, 0.05) is 11.9 Å². The zero-order valence-electron chi connectivity index (χ0n) is 11.2. The van der Waals surface area contributed by atoms with Gasteiger partial charge in [0.2, 0.25) is 0 Å². The Kier molecular flexibility index (Phi) is 3.10. The van der Waals surface area contributed by atoms with E-state index in [1.54, 1.807) is 0 Å². The van der Waals surface area contributed by atoms with Crippen LogP contribution in [0.1, 0.15) is 19.8 Å². The number of H-pyrrole nitrogens is 1. The van der Waals surface area contributed by atoms with Crippen molar-refractivity contribution in [3.8, 4) is 0 Å². The summed E-state index contributed by atoms with van der Waals surface area (Å²) in [7, 11) is 0. The Morgan fingerprint density at radius 3 is 2.80 bits per heavy atom.